The average Bonchev–Trinajstić information content (AvgIpc) is 2.40. The fourth-order valence-corrected chi connectivity index (χ4v) is 1.37. The lowest BCUT2D eigenvalue weighted by atomic mass is 10.1. The van der Waals surface area contributed by atoms with Gasteiger partial charge in [0.05, 0.1) is 13.3 Å². The van der Waals surface area contributed by atoms with Gasteiger partial charge in [0.1, 0.15) is 0 Å². The summed E-state index contributed by atoms with van der Waals surface area (Å²) < 4.78 is 7.66. The Morgan fingerprint density at radius 1 is 1.25 bits per heavy atom. The first kappa shape index (κ1) is 9.09. The summed E-state index contributed by atoms with van der Waals surface area (Å²) in [7, 11) is 1.68. The summed E-state index contributed by atoms with van der Waals surface area (Å²) in [6, 6.07) is 13.4. The van der Waals surface area contributed by atoms with Crippen molar-refractivity contribution in [2.45, 2.75) is 0 Å². The second-order valence-electron chi connectivity index (χ2n) is 3.24. The largest absolute Gasteiger partial charge is 0.313 e. The van der Waals surface area contributed by atoms with Crippen molar-refractivity contribution in [2.75, 3.05) is 7.05 Å². The van der Waals surface area contributed by atoms with Crippen LogP contribution in [0.25, 0.3) is 11.3 Å². The van der Waals surface area contributed by atoms with Crippen LogP contribution in [0.5, 0.6) is 0 Å². The molecule has 0 amide bonds. The Morgan fingerprint density at radius 3 is 2.69 bits per heavy atom. The Labute approximate surface area is 96.3 Å². The summed E-state index contributed by atoms with van der Waals surface area (Å²) in [5, 5.41) is 3.81. The molecule has 2 aromatic rings. The van der Waals surface area contributed by atoms with Crippen LogP contribution in [0.4, 0.5) is 0 Å². The molecule has 0 bridgehead atoms. The third-order valence-corrected chi connectivity index (χ3v) is 2.14. The second-order valence-corrected chi connectivity index (χ2v) is 3.24. The Balaban J connectivity index is 2.28. The zero-order chi connectivity index (χ0) is 12.1. The van der Waals surface area contributed by atoms with E-state index in [-0.39, 0.29) is 6.19 Å². The van der Waals surface area contributed by atoms with Crippen LogP contribution in [0, 0.1) is 0 Å². The monoisotopic (exact) mass is 212 g/mol. The molecule has 2 rings (SSSR count). The molecule has 1 N–H and O–H groups in total. The van der Waals surface area contributed by atoms with Crippen molar-refractivity contribution in [2.24, 2.45) is 5.10 Å². The first-order chi connectivity index (χ1) is 8.31. The Hall–Kier alpha value is -2.16. The molecule has 0 saturated carbocycles. The normalized spacial score (nSPS) is 12.1. The fraction of sp³-hybridized carbons (Fsp3) is 0.0769. The maximum absolute atomic E-state index is 7.66. The molecular weight excluding hydrogens is 198 g/mol. The smallest absolute Gasteiger partial charge is 0.0865 e. The third kappa shape index (κ3) is 2.45. The molecule has 0 radical (unpaired) electrons. The number of nitrogens with zero attached hydrogens (tertiary/aromatic N) is 2. The minimum absolute atomic E-state index is 0.222. The Kier molecular flexibility index (Phi) is 2.88. The predicted molar refractivity (Wildman–Crippen MR) is 66.3 cm³/mol. The van der Waals surface area contributed by atoms with Gasteiger partial charge in [-0.15, -0.1) is 0 Å². The zero-order valence-corrected chi connectivity index (χ0v) is 9.01. The van der Waals surface area contributed by atoms with Crippen LogP contribution in [0.3, 0.4) is 0 Å². The standard InChI is InChI=1S/C13H13N3/c1-14-16-10-11-5-7-12(8-6-11)13-4-2-3-9-15-13/h2-10,14H,1H3/b16-10-/i10D. The van der Waals surface area contributed by atoms with Gasteiger partial charge in [-0.3, -0.25) is 4.98 Å². The lowest BCUT2D eigenvalue weighted by molar-refractivity contribution is 0.908. The molecule has 0 fully saturated rings. The first-order valence-electron chi connectivity index (χ1n) is 5.54. The van der Waals surface area contributed by atoms with Gasteiger partial charge in [0.2, 0.25) is 0 Å². The van der Waals surface area contributed by atoms with Crippen molar-refractivity contribution in [3.05, 3.63) is 54.2 Å². The van der Waals surface area contributed by atoms with Crippen molar-refractivity contribution in [3.63, 3.8) is 0 Å². The van der Waals surface area contributed by atoms with Gasteiger partial charge in [-0.2, -0.15) is 5.10 Å². The summed E-state index contributed by atoms with van der Waals surface area (Å²) in [6.07, 6.45) is 1.99. The van der Waals surface area contributed by atoms with Gasteiger partial charge in [0.25, 0.3) is 0 Å². The molecule has 3 nitrogen and oxygen atoms in total. The van der Waals surface area contributed by atoms with Gasteiger partial charge in [-0.25, -0.2) is 0 Å². The van der Waals surface area contributed by atoms with Crippen molar-refractivity contribution < 1.29 is 1.37 Å². The van der Waals surface area contributed by atoms with E-state index >= 15 is 0 Å². The molecule has 16 heavy (non-hydrogen) atoms. The average molecular weight is 212 g/mol. The lowest BCUT2D eigenvalue weighted by Gasteiger charge is -2.00. The van der Waals surface area contributed by atoms with Gasteiger partial charge >= 0.3 is 0 Å². The SMILES string of the molecule is [2H]/C(=N/NC)c1ccc(-c2ccccn2)cc1. The van der Waals surface area contributed by atoms with E-state index in [1.54, 1.807) is 13.2 Å². The number of hydrazone groups is 1. The topological polar surface area (TPSA) is 37.3 Å². The maximum Gasteiger partial charge on any atom is 0.0865 e. The zero-order valence-electron chi connectivity index (χ0n) is 10.0. The number of aromatic nitrogens is 1. The number of pyridine rings is 1. The molecule has 0 saturated heterocycles. The quantitative estimate of drug-likeness (QED) is 0.626. The number of hydrogen-bond acceptors (Lipinski definition) is 3. The molecule has 0 aliphatic carbocycles. The summed E-state index contributed by atoms with van der Waals surface area (Å²) in [6.45, 7) is 0. The fourth-order valence-electron chi connectivity index (χ4n) is 1.37. The molecule has 0 aliphatic rings. The molecule has 3 heteroatoms. The number of rotatable bonds is 3. The van der Waals surface area contributed by atoms with Crippen LogP contribution in [0.1, 0.15) is 6.93 Å². The first-order valence-corrected chi connectivity index (χ1v) is 5.04. The van der Waals surface area contributed by atoms with E-state index in [2.05, 4.69) is 15.5 Å². The highest BCUT2D eigenvalue weighted by Crippen LogP contribution is 2.15. The number of nitrogens with one attached hydrogen (secondary N) is 1. The summed E-state index contributed by atoms with van der Waals surface area (Å²) in [5.74, 6) is 0. The lowest BCUT2D eigenvalue weighted by Crippen LogP contribution is -1.94. The maximum atomic E-state index is 7.66. The molecular formula is C13H13N3. The van der Waals surface area contributed by atoms with E-state index in [1.807, 2.05) is 42.5 Å². The van der Waals surface area contributed by atoms with E-state index in [1.165, 1.54) is 0 Å². The molecule has 1 heterocycles. The highest BCUT2D eigenvalue weighted by molar-refractivity contribution is 5.80. The van der Waals surface area contributed by atoms with Crippen molar-refractivity contribution >= 4 is 6.19 Å². The van der Waals surface area contributed by atoms with Crippen molar-refractivity contribution in [1.29, 1.82) is 0 Å². The third-order valence-electron chi connectivity index (χ3n) is 2.14. The summed E-state index contributed by atoms with van der Waals surface area (Å²) in [4.78, 5) is 4.27. The van der Waals surface area contributed by atoms with Crippen LogP contribution in [0.2, 0.25) is 0 Å². The predicted octanol–water partition coefficient (Wildman–Crippen LogP) is 2.30. The van der Waals surface area contributed by atoms with E-state index in [0.29, 0.717) is 0 Å². The van der Waals surface area contributed by atoms with Gasteiger partial charge in [0, 0.05) is 18.8 Å². The molecule has 0 aliphatic heterocycles. The van der Waals surface area contributed by atoms with E-state index in [9.17, 15) is 0 Å². The molecule has 0 spiro atoms. The van der Waals surface area contributed by atoms with Crippen molar-refractivity contribution in [3.8, 4) is 11.3 Å². The van der Waals surface area contributed by atoms with Gasteiger partial charge in [-0.05, 0) is 17.7 Å². The molecule has 1 aromatic heterocycles. The minimum Gasteiger partial charge on any atom is -0.313 e. The number of benzene rings is 1. The van der Waals surface area contributed by atoms with E-state index in [0.717, 1.165) is 16.8 Å². The summed E-state index contributed by atoms with van der Waals surface area (Å²) in [5.41, 5.74) is 5.34. The molecule has 0 unspecified atom stereocenters. The van der Waals surface area contributed by atoms with Crippen LogP contribution in [-0.4, -0.2) is 18.2 Å². The van der Waals surface area contributed by atoms with Crippen molar-refractivity contribution in [1.82, 2.24) is 10.4 Å². The molecule has 1 aromatic carbocycles. The van der Waals surface area contributed by atoms with Crippen LogP contribution in [-0.2, 0) is 0 Å². The van der Waals surface area contributed by atoms with E-state index in [4.69, 9.17) is 1.37 Å². The summed E-state index contributed by atoms with van der Waals surface area (Å²) >= 11 is 0. The van der Waals surface area contributed by atoms with Gasteiger partial charge < -0.3 is 5.43 Å². The van der Waals surface area contributed by atoms with Crippen LogP contribution < -0.4 is 5.43 Å². The minimum atomic E-state index is 0.222. The van der Waals surface area contributed by atoms with Gasteiger partial charge in [0.15, 0.2) is 0 Å². The Morgan fingerprint density at radius 2 is 2.06 bits per heavy atom. The molecule has 0 atom stereocenters. The highest BCUT2D eigenvalue weighted by Gasteiger charge is 1.96. The van der Waals surface area contributed by atoms with Gasteiger partial charge in [-0.1, -0.05) is 30.3 Å². The van der Waals surface area contributed by atoms with E-state index < -0.39 is 0 Å². The van der Waals surface area contributed by atoms with Crippen LogP contribution in [0.15, 0.2) is 53.8 Å². The second kappa shape index (κ2) is 5.07. The molecule has 80 valence electrons. The van der Waals surface area contributed by atoms with Crippen LogP contribution >= 0.6 is 0 Å². The highest BCUT2D eigenvalue weighted by atomic mass is 15.3. The Bertz CT molecular complexity index is 506. The number of hydrogen-bond donors (Lipinski definition) is 1.